The van der Waals surface area contributed by atoms with Crippen molar-refractivity contribution in [1.29, 1.82) is 0 Å². The highest BCUT2D eigenvalue weighted by Gasteiger charge is 2.24. The van der Waals surface area contributed by atoms with Gasteiger partial charge >= 0.3 is 0 Å². The second-order valence-electron chi connectivity index (χ2n) is 6.70. The minimum Gasteiger partial charge on any atom is -0.368 e. The van der Waals surface area contributed by atoms with Crippen LogP contribution < -0.4 is 0 Å². The van der Waals surface area contributed by atoms with Crippen LogP contribution in [-0.4, -0.2) is 60.6 Å². The number of amides is 1. The van der Waals surface area contributed by atoms with Crippen molar-refractivity contribution in [3.8, 4) is 0 Å². The second kappa shape index (κ2) is 7.41. The molecule has 2 aliphatic rings. The zero-order chi connectivity index (χ0) is 14.5. The lowest BCUT2D eigenvalue weighted by Gasteiger charge is -2.35. The maximum atomic E-state index is 12.1. The molecule has 0 aromatic rings. The van der Waals surface area contributed by atoms with E-state index in [0.717, 1.165) is 57.8 Å². The number of carbonyl (C=O) groups excluding carboxylic acids is 1. The van der Waals surface area contributed by atoms with Crippen LogP contribution >= 0.6 is 0 Å². The van der Waals surface area contributed by atoms with Crippen LogP contribution in [-0.2, 0) is 9.53 Å². The quantitative estimate of drug-likeness (QED) is 0.792. The maximum Gasteiger partial charge on any atom is 0.248 e. The van der Waals surface area contributed by atoms with Crippen LogP contribution in [0.15, 0.2) is 0 Å². The van der Waals surface area contributed by atoms with E-state index in [2.05, 4.69) is 25.7 Å². The van der Waals surface area contributed by atoms with Crippen LogP contribution in [0.3, 0.4) is 0 Å². The van der Waals surface area contributed by atoms with Crippen LogP contribution in [0.25, 0.3) is 0 Å². The molecule has 4 heteroatoms. The van der Waals surface area contributed by atoms with Crippen molar-refractivity contribution in [3.63, 3.8) is 0 Å². The van der Waals surface area contributed by atoms with E-state index in [0.29, 0.717) is 6.04 Å². The van der Waals surface area contributed by atoms with Crippen LogP contribution in [0.4, 0.5) is 0 Å². The number of hydrogen-bond donors (Lipinski definition) is 0. The van der Waals surface area contributed by atoms with Crippen molar-refractivity contribution >= 4 is 5.91 Å². The Bertz CT molecular complexity index is 304. The van der Waals surface area contributed by atoms with Gasteiger partial charge in [0.15, 0.2) is 0 Å². The first-order valence-corrected chi connectivity index (χ1v) is 8.19. The Labute approximate surface area is 123 Å². The number of ether oxygens (including phenoxy) is 1. The molecule has 0 atom stereocenters. The summed E-state index contributed by atoms with van der Waals surface area (Å²) in [7, 11) is 0. The molecule has 0 unspecified atom stereocenters. The SMILES string of the molecule is CC1CCN(C(=O)COC2CCN(C(C)C)CC2)CC1. The molecule has 2 heterocycles. The molecule has 2 rings (SSSR count). The number of likely N-dealkylation sites (tertiary alicyclic amines) is 2. The van der Waals surface area contributed by atoms with Crippen molar-refractivity contribution < 1.29 is 9.53 Å². The highest BCUT2D eigenvalue weighted by atomic mass is 16.5. The number of hydrogen-bond acceptors (Lipinski definition) is 3. The van der Waals surface area contributed by atoms with Gasteiger partial charge in [-0.15, -0.1) is 0 Å². The molecule has 2 fully saturated rings. The lowest BCUT2D eigenvalue weighted by Crippen LogP contribution is -2.43. The normalized spacial score (nSPS) is 23.5. The third-order valence-electron chi connectivity index (χ3n) is 4.79. The molecule has 0 aromatic carbocycles. The van der Waals surface area contributed by atoms with Crippen molar-refractivity contribution in [2.24, 2.45) is 5.92 Å². The van der Waals surface area contributed by atoms with Gasteiger partial charge in [-0.1, -0.05) is 6.92 Å². The van der Waals surface area contributed by atoms with Gasteiger partial charge in [-0.3, -0.25) is 4.79 Å². The van der Waals surface area contributed by atoms with E-state index in [-0.39, 0.29) is 18.6 Å². The fraction of sp³-hybridized carbons (Fsp3) is 0.938. The van der Waals surface area contributed by atoms with Gasteiger partial charge in [-0.25, -0.2) is 0 Å². The van der Waals surface area contributed by atoms with Crippen LogP contribution in [0.2, 0.25) is 0 Å². The number of nitrogens with zero attached hydrogens (tertiary/aromatic N) is 2. The number of rotatable bonds is 4. The summed E-state index contributed by atoms with van der Waals surface area (Å²) in [5.74, 6) is 0.948. The predicted molar refractivity (Wildman–Crippen MR) is 80.7 cm³/mol. The Balaban J connectivity index is 1.64. The smallest absolute Gasteiger partial charge is 0.248 e. The standard InChI is InChI=1S/C16H30N2O2/c1-13(2)17-10-6-15(7-11-17)20-12-16(19)18-8-4-14(3)5-9-18/h13-15H,4-12H2,1-3H3. The second-order valence-corrected chi connectivity index (χ2v) is 6.70. The van der Waals surface area contributed by atoms with Gasteiger partial charge in [0.1, 0.15) is 6.61 Å². The molecule has 2 saturated heterocycles. The van der Waals surface area contributed by atoms with Crippen molar-refractivity contribution in [1.82, 2.24) is 9.80 Å². The maximum absolute atomic E-state index is 12.1. The average Bonchev–Trinajstić information content (AvgIpc) is 2.46. The third kappa shape index (κ3) is 4.45. The molecule has 0 N–H and O–H groups in total. The lowest BCUT2D eigenvalue weighted by atomic mass is 9.99. The summed E-state index contributed by atoms with van der Waals surface area (Å²) in [6, 6.07) is 0.618. The molecule has 0 spiro atoms. The zero-order valence-corrected chi connectivity index (χ0v) is 13.3. The molecular weight excluding hydrogens is 252 g/mol. The molecule has 0 bridgehead atoms. The van der Waals surface area contributed by atoms with Crippen LogP contribution in [0, 0.1) is 5.92 Å². The first kappa shape index (κ1) is 15.8. The summed E-state index contributed by atoms with van der Waals surface area (Å²) in [6.45, 7) is 11.0. The zero-order valence-electron chi connectivity index (χ0n) is 13.3. The van der Waals surface area contributed by atoms with Gasteiger partial charge in [0.25, 0.3) is 0 Å². The lowest BCUT2D eigenvalue weighted by molar-refractivity contribution is -0.140. The summed E-state index contributed by atoms with van der Waals surface area (Å²) in [4.78, 5) is 16.6. The molecule has 0 radical (unpaired) electrons. The van der Waals surface area contributed by atoms with Crippen molar-refractivity contribution in [2.75, 3.05) is 32.8 Å². The molecule has 0 saturated carbocycles. The van der Waals surface area contributed by atoms with E-state index >= 15 is 0 Å². The van der Waals surface area contributed by atoms with Gasteiger partial charge in [0.2, 0.25) is 5.91 Å². The Kier molecular flexibility index (Phi) is 5.85. The molecule has 1 amide bonds. The fourth-order valence-electron chi connectivity index (χ4n) is 3.10. The summed E-state index contributed by atoms with van der Waals surface area (Å²) < 4.78 is 5.83. The van der Waals surface area contributed by atoms with Crippen LogP contribution in [0.1, 0.15) is 46.5 Å². The highest BCUT2D eigenvalue weighted by molar-refractivity contribution is 5.77. The van der Waals surface area contributed by atoms with Gasteiger partial charge < -0.3 is 14.5 Å². The fourth-order valence-corrected chi connectivity index (χ4v) is 3.10. The van der Waals surface area contributed by atoms with Gasteiger partial charge in [0, 0.05) is 32.2 Å². The Morgan fingerprint density at radius 1 is 1.10 bits per heavy atom. The van der Waals surface area contributed by atoms with Crippen molar-refractivity contribution in [2.45, 2.75) is 58.6 Å². The Hall–Kier alpha value is -0.610. The van der Waals surface area contributed by atoms with E-state index in [1.165, 1.54) is 0 Å². The van der Waals surface area contributed by atoms with E-state index in [4.69, 9.17) is 4.74 Å². The van der Waals surface area contributed by atoms with Gasteiger partial charge in [0.05, 0.1) is 6.10 Å². The molecule has 116 valence electrons. The van der Waals surface area contributed by atoms with E-state index in [1.54, 1.807) is 0 Å². The number of carbonyl (C=O) groups is 1. The molecule has 0 aromatic heterocycles. The first-order valence-electron chi connectivity index (χ1n) is 8.19. The Morgan fingerprint density at radius 2 is 1.70 bits per heavy atom. The predicted octanol–water partition coefficient (Wildman–Crippen LogP) is 2.13. The minimum absolute atomic E-state index is 0.184. The largest absolute Gasteiger partial charge is 0.368 e. The van der Waals surface area contributed by atoms with Gasteiger partial charge in [-0.2, -0.15) is 0 Å². The Morgan fingerprint density at radius 3 is 2.25 bits per heavy atom. The molecule has 20 heavy (non-hydrogen) atoms. The summed E-state index contributed by atoms with van der Waals surface area (Å²) in [6.07, 6.45) is 4.67. The van der Waals surface area contributed by atoms with Gasteiger partial charge in [-0.05, 0) is 45.4 Å². The monoisotopic (exact) mass is 282 g/mol. The van der Waals surface area contributed by atoms with E-state index < -0.39 is 0 Å². The summed E-state index contributed by atoms with van der Waals surface area (Å²) in [5.41, 5.74) is 0. The summed E-state index contributed by atoms with van der Waals surface area (Å²) >= 11 is 0. The molecular formula is C16H30N2O2. The minimum atomic E-state index is 0.184. The molecule has 2 aliphatic heterocycles. The summed E-state index contributed by atoms with van der Waals surface area (Å²) in [5, 5.41) is 0. The van der Waals surface area contributed by atoms with Crippen LogP contribution in [0.5, 0.6) is 0 Å². The van der Waals surface area contributed by atoms with E-state index in [9.17, 15) is 4.79 Å². The molecule has 0 aliphatic carbocycles. The third-order valence-corrected chi connectivity index (χ3v) is 4.79. The van der Waals surface area contributed by atoms with Crippen molar-refractivity contribution in [3.05, 3.63) is 0 Å². The number of piperidine rings is 2. The highest BCUT2D eigenvalue weighted by Crippen LogP contribution is 2.18. The van der Waals surface area contributed by atoms with E-state index in [1.807, 2.05) is 4.90 Å². The molecule has 4 nitrogen and oxygen atoms in total. The topological polar surface area (TPSA) is 32.8 Å². The first-order chi connectivity index (χ1) is 9.56. The average molecular weight is 282 g/mol.